The van der Waals surface area contributed by atoms with Crippen LogP contribution in [0.25, 0.3) is 0 Å². The lowest BCUT2D eigenvalue weighted by Crippen LogP contribution is -2.33. The second kappa shape index (κ2) is 4.47. The van der Waals surface area contributed by atoms with Gasteiger partial charge in [0.2, 0.25) is 5.91 Å². The Morgan fingerprint density at radius 3 is 2.76 bits per heavy atom. The minimum atomic E-state index is -0.520. The van der Waals surface area contributed by atoms with Crippen molar-refractivity contribution in [1.82, 2.24) is 0 Å². The van der Waals surface area contributed by atoms with Crippen molar-refractivity contribution in [3.63, 3.8) is 0 Å². The largest absolute Gasteiger partial charge is 0.325 e. The first kappa shape index (κ1) is 12.1. The molecule has 3 heteroatoms. The highest BCUT2D eigenvalue weighted by atomic mass is 19.1. The van der Waals surface area contributed by atoms with E-state index in [1.54, 1.807) is 6.07 Å². The molecular formula is C14H18FNO. The number of halogens is 1. The summed E-state index contributed by atoms with van der Waals surface area (Å²) in [7, 11) is 0. The number of carbonyl (C=O) groups excluding carboxylic acids is 1. The summed E-state index contributed by atoms with van der Waals surface area (Å²) in [6, 6.07) is 4.56. The molecular weight excluding hydrogens is 217 g/mol. The molecule has 1 aromatic rings. The first-order valence-corrected chi connectivity index (χ1v) is 6.25. The van der Waals surface area contributed by atoms with Crippen LogP contribution in [0.15, 0.2) is 18.2 Å². The van der Waals surface area contributed by atoms with E-state index in [4.69, 9.17) is 0 Å². The van der Waals surface area contributed by atoms with Crippen molar-refractivity contribution in [2.45, 2.75) is 44.9 Å². The van der Waals surface area contributed by atoms with Gasteiger partial charge in [-0.15, -0.1) is 0 Å². The number of hydrogen-bond acceptors (Lipinski definition) is 1. The Morgan fingerprint density at radius 1 is 1.35 bits per heavy atom. The van der Waals surface area contributed by atoms with Crippen molar-refractivity contribution < 1.29 is 9.18 Å². The Bertz CT molecular complexity index is 444. The van der Waals surface area contributed by atoms with Crippen molar-refractivity contribution in [2.24, 2.45) is 0 Å². The maximum Gasteiger partial charge on any atom is 0.235 e. The number of anilines is 1. The van der Waals surface area contributed by atoms with E-state index in [2.05, 4.69) is 12.2 Å². The highest BCUT2D eigenvalue weighted by Gasteiger charge is 2.44. The predicted octanol–water partition coefficient (Wildman–Crippen LogP) is 3.62. The number of amides is 1. The molecule has 0 fully saturated rings. The number of rotatable bonds is 4. The Kier molecular flexibility index (Phi) is 3.18. The van der Waals surface area contributed by atoms with Crippen LogP contribution in [0, 0.1) is 5.82 Å². The maximum atomic E-state index is 13.4. The molecule has 1 aliphatic heterocycles. The van der Waals surface area contributed by atoms with E-state index in [0.29, 0.717) is 0 Å². The van der Waals surface area contributed by atoms with E-state index in [-0.39, 0.29) is 11.7 Å². The van der Waals surface area contributed by atoms with Crippen molar-refractivity contribution >= 4 is 11.6 Å². The summed E-state index contributed by atoms with van der Waals surface area (Å²) in [4.78, 5) is 12.2. The Balaban J connectivity index is 2.46. The minimum absolute atomic E-state index is 0.0223. The van der Waals surface area contributed by atoms with Gasteiger partial charge in [-0.3, -0.25) is 4.79 Å². The molecule has 2 rings (SSSR count). The predicted molar refractivity (Wildman–Crippen MR) is 66.5 cm³/mol. The van der Waals surface area contributed by atoms with Crippen LogP contribution in [0.2, 0.25) is 0 Å². The molecule has 1 atom stereocenters. The van der Waals surface area contributed by atoms with Gasteiger partial charge in [-0.25, -0.2) is 4.39 Å². The van der Waals surface area contributed by atoms with Gasteiger partial charge in [0, 0.05) is 5.69 Å². The number of nitrogens with one attached hydrogen (secondary N) is 1. The summed E-state index contributed by atoms with van der Waals surface area (Å²) in [5, 5.41) is 2.87. The second-order valence-electron chi connectivity index (χ2n) is 4.68. The lowest BCUT2D eigenvalue weighted by molar-refractivity contribution is -0.121. The van der Waals surface area contributed by atoms with E-state index < -0.39 is 5.41 Å². The Hall–Kier alpha value is -1.38. The van der Waals surface area contributed by atoms with E-state index in [1.807, 2.05) is 6.92 Å². The molecule has 0 aromatic heterocycles. The van der Waals surface area contributed by atoms with Crippen LogP contribution in [0.1, 0.15) is 45.1 Å². The molecule has 1 unspecified atom stereocenters. The molecule has 0 saturated heterocycles. The fourth-order valence-electron chi connectivity index (χ4n) is 2.64. The zero-order chi connectivity index (χ0) is 12.5. The first-order chi connectivity index (χ1) is 8.14. The van der Waals surface area contributed by atoms with E-state index in [0.717, 1.165) is 36.9 Å². The highest BCUT2D eigenvalue weighted by Crippen LogP contribution is 2.43. The molecule has 0 radical (unpaired) electrons. The van der Waals surface area contributed by atoms with Gasteiger partial charge in [0.05, 0.1) is 5.41 Å². The third kappa shape index (κ3) is 1.84. The van der Waals surface area contributed by atoms with Crippen LogP contribution >= 0.6 is 0 Å². The van der Waals surface area contributed by atoms with Crippen LogP contribution in [-0.2, 0) is 10.2 Å². The van der Waals surface area contributed by atoms with Gasteiger partial charge in [-0.05, 0) is 36.6 Å². The average Bonchev–Trinajstić information content (AvgIpc) is 2.59. The lowest BCUT2D eigenvalue weighted by Gasteiger charge is -2.25. The molecule has 0 saturated carbocycles. The van der Waals surface area contributed by atoms with Gasteiger partial charge in [0.25, 0.3) is 0 Å². The molecule has 1 amide bonds. The zero-order valence-electron chi connectivity index (χ0n) is 10.3. The molecule has 1 aromatic carbocycles. The normalized spacial score (nSPS) is 22.4. The summed E-state index contributed by atoms with van der Waals surface area (Å²) in [6.45, 7) is 4.10. The quantitative estimate of drug-likeness (QED) is 0.848. The molecule has 2 nitrogen and oxygen atoms in total. The molecule has 92 valence electrons. The number of unbranched alkanes of at least 4 members (excludes halogenated alkanes) is 1. The van der Waals surface area contributed by atoms with Gasteiger partial charge < -0.3 is 5.32 Å². The second-order valence-corrected chi connectivity index (χ2v) is 4.68. The smallest absolute Gasteiger partial charge is 0.235 e. The SMILES string of the molecule is CCCCC1(CC)C(=O)Nc2ccc(F)cc21. The highest BCUT2D eigenvalue weighted by molar-refractivity contribution is 6.06. The maximum absolute atomic E-state index is 13.4. The van der Waals surface area contributed by atoms with E-state index >= 15 is 0 Å². The Morgan fingerprint density at radius 2 is 2.12 bits per heavy atom. The van der Waals surface area contributed by atoms with Gasteiger partial charge in [0.15, 0.2) is 0 Å². The average molecular weight is 235 g/mol. The third-order valence-corrected chi connectivity index (χ3v) is 3.74. The molecule has 17 heavy (non-hydrogen) atoms. The number of benzene rings is 1. The van der Waals surface area contributed by atoms with Crippen molar-refractivity contribution in [3.05, 3.63) is 29.6 Å². The van der Waals surface area contributed by atoms with E-state index in [1.165, 1.54) is 12.1 Å². The van der Waals surface area contributed by atoms with Gasteiger partial charge >= 0.3 is 0 Å². The molecule has 0 aliphatic carbocycles. The molecule has 1 N–H and O–H groups in total. The number of fused-ring (bicyclic) bond motifs is 1. The third-order valence-electron chi connectivity index (χ3n) is 3.74. The molecule has 1 aliphatic rings. The van der Waals surface area contributed by atoms with E-state index in [9.17, 15) is 9.18 Å². The monoisotopic (exact) mass is 235 g/mol. The summed E-state index contributed by atoms with van der Waals surface area (Å²) >= 11 is 0. The van der Waals surface area contributed by atoms with Crippen LogP contribution in [0.4, 0.5) is 10.1 Å². The summed E-state index contributed by atoms with van der Waals surface area (Å²) < 4.78 is 13.4. The standard InChI is InChI=1S/C14H18FNO/c1-3-5-8-14(4-2)11-9-10(15)6-7-12(11)16-13(14)17/h6-7,9H,3-5,8H2,1-2H3,(H,16,17). The summed E-state index contributed by atoms with van der Waals surface area (Å²) in [5.41, 5.74) is 1.08. The summed E-state index contributed by atoms with van der Waals surface area (Å²) in [5.74, 6) is -0.247. The fraction of sp³-hybridized carbons (Fsp3) is 0.500. The fourth-order valence-corrected chi connectivity index (χ4v) is 2.64. The molecule has 0 spiro atoms. The minimum Gasteiger partial charge on any atom is -0.325 e. The zero-order valence-corrected chi connectivity index (χ0v) is 10.3. The van der Waals surface area contributed by atoms with Gasteiger partial charge in [0.1, 0.15) is 5.82 Å². The van der Waals surface area contributed by atoms with Crippen LogP contribution < -0.4 is 5.32 Å². The van der Waals surface area contributed by atoms with Crippen LogP contribution in [0.3, 0.4) is 0 Å². The van der Waals surface area contributed by atoms with Crippen molar-refractivity contribution in [2.75, 3.05) is 5.32 Å². The van der Waals surface area contributed by atoms with Crippen LogP contribution in [-0.4, -0.2) is 5.91 Å². The van der Waals surface area contributed by atoms with Crippen LogP contribution in [0.5, 0.6) is 0 Å². The Labute approximate surface area is 101 Å². The van der Waals surface area contributed by atoms with Gasteiger partial charge in [-0.1, -0.05) is 26.7 Å². The molecule has 1 heterocycles. The molecule has 0 bridgehead atoms. The lowest BCUT2D eigenvalue weighted by atomic mass is 9.75. The van der Waals surface area contributed by atoms with Gasteiger partial charge in [-0.2, -0.15) is 0 Å². The van der Waals surface area contributed by atoms with Crippen molar-refractivity contribution in [1.29, 1.82) is 0 Å². The van der Waals surface area contributed by atoms with Crippen molar-refractivity contribution in [3.8, 4) is 0 Å². The number of hydrogen-bond donors (Lipinski definition) is 1. The first-order valence-electron chi connectivity index (χ1n) is 6.25. The summed E-state index contributed by atoms with van der Waals surface area (Å²) in [6.07, 6.45) is 3.54. The topological polar surface area (TPSA) is 29.1 Å². The number of carbonyl (C=O) groups is 1.